The van der Waals surface area contributed by atoms with E-state index in [1.807, 2.05) is 12.1 Å². The number of methoxy groups -OCH3 is 2. The summed E-state index contributed by atoms with van der Waals surface area (Å²) in [6, 6.07) is 12.1. The van der Waals surface area contributed by atoms with Crippen LogP contribution in [-0.4, -0.2) is 47.2 Å². The normalized spacial score (nSPS) is 14.0. The lowest BCUT2D eigenvalue weighted by Gasteiger charge is -2.29. The van der Waals surface area contributed by atoms with Gasteiger partial charge >= 0.3 is 0 Å². The first kappa shape index (κ1) is 22.1. The third-order valence-corrected chi connectivity index (χ3v) is 6.72. The predicted octanol–water partition coefficient (Wildman–Crippen LogP) is 2.69. The Hall–Kier alpha value is -2.60. The minimum Gasteiger partial charge on any atom is -0.493 e. The van der Waals surface area contributed by atoms with Crippen LogP contribution in [0.4, 0.5) is 0 Å². The number of sulfonamides is 1. The molecule has 0 unspecified atom stereocenters. The highest BCUT2D eigenvalue weighted by molar-refractivity contribution is 7.89. The van der Waals surface area contributed by atoms with Gasteiger partial charge in [-0.1, -0.05) is 6.07 Å². The molecule has 30 heavy (non-hydrogen) atoms. The highest BCUT2D eigenvalue weighted by Crippen LogP contribution is 2.33. The van der Waals surface area contributed by atoms with Gasteiger partial charge in [-0.05, 0) is 67.3 Å². The van der Waals surface area contributed by atoms with E-state index in [0.29, 0.717) is 12.1 Å². The lowest BCUT2D eigenvalue weighted by atomic mass is 9.98. The summed E-state index contributed by atoms with van der Waals surface area (Å²) in [7, 11) is -0.305. The molecule has 1 aliphatic rings. The zero-order chi connectivity index (χ0) is 21.6. The van der Waals surface area contributed by atoms with Crippen LogP contribution in [0.1, 0.15) is 29.5 Å². The number of benzene rings is 2. The number of rotatable bonds is 9. The minimum absolute atomic E-state index is 0.124. The van der Waals surface area contributed by atoms with E-state index in [4.69, 9.17) is 14.7 Å². The molecule has 1 N–H and O–H groups in total. The Labute approximate surface area is 178 Å². The van der Waals surface area contributed by atoms with Crippen molar-refractivity contribution in [1.82, 2.24) is 9.62 Å². The maximum Gasteiger partial charge on any atom is 0.240 e. The number of hydrogen-bond donors (Lipinski definition) is 1. The van der Waals surface area contributed by atoms with Crippen LogP contribution in [-0.2, 0) is 23.0 Å². The molecular formula is C22H27N3O4S. The Kier molecular flexibility index (Phi) is 7.32. The lowest BCUT2D eigenvalue weighted by Crippen LogP contribution is -2.32. The number of ether oxygens (including phenoxy) is 2. The second kappa shape index (κ2) is 9.94. The molecule has 3 rings (SSSR count). The van der Waals surface area contributed by atoms with Crippen molar-refractivity contribution in [3.63, 3.8) is 0 Å². The number of nitrogens with one attached hydrogen (secondary N) is 1. The van der Waals surface area contributed by atoms with Gasteiger partial charge in [0.2, 0.25) is 10.0 Å². The van der Waals surface area contributed by atoms with Crippen LogP contribution in [0.3, 0.4) is 0 Å². The van der Waals surface area contributed by atoms with Crippen LogP contribution in [0, 0.1) is 11.3 Å². The average Bonchev–Trinajstić information content (AvgIpc) is 2.77. The molecule has 0 saturated carbocycles. The van der Waals surface area contributed by atoms with Gasteiger partial charge in [-0.25, -0.2) is 13.1 Å². The van der Waals surface area contributed by atoms with E-state index in [-0.39, 0.29) is 4.90 Å². The van der Waals surface area contributed by atoms with Gasteiger partial charge in [-0.2, -0.15) is 5.26 Å². The number of fused-ring (bicyclic) bond motifs is 1. The van der Waals surface area contributed by atoms with Crippen molar-refractivity contribution in [3.8, 4) is 17.6 Å². The minimum atomic E-state index is -3.59. The highest BCUT2D eigenvalue weighted by Gasteiger charge is 2.19. The van der Waals surface area contributed by atoms with Gasteiger partial charge in [0.25, 0.3) is 0 Å². The van der Waals surface area contributed by atoms with Gasteiger partial charge < -0.3 is 9.47 Å². The molecule has 160 valence electrons. The largest absolute Gasteiger partial charge is 0.493 e. The van der Waals surface area contributed by atoms with Gasteiger partial charge in [0.15, 0.2) is 11.5 Å². The average molecular weight is 430 g/mol. The van der Waals surface area contributed by atoms with Crippen LogP contribution in [0.15, 0.2) is 41.3 Å². The van der Waals surface area contributed by atoms with Crippen molar-refractivity contribution >= 4 is 10.0 Å². The summed E-state index contributed by atoms with van der Waals surface area (Å²) in [6.07, 6.45) is 2.59. The Bertz CT molecular complexity index is 1030. The van der Waals surface area contributed by atoms with Crippen LogP contribution in [0.25, 0.3) is 0 Å². The van der Waals surface area contributed by atoms with E-state index in [1.54, 1.807) is 26.4 Å². The SMILES string of the molecule is COc1cc2c(cc1OC)CN(CCCCNS(=O)(=O)c1cccc(C#N)c1)CC2. The molecule has 0 bridgehead atoms. The molecule has 0 aromatic heterocycles. The third kappa shape index (κ3) is 5.30. The van der Waals surface area contributed by atoms with Gasteiger partial charge in [-0.15, -0.1) is 0 Å². The van der Waals surface area contributed by atoms with Crippen LogP contribution in [0.5, 0.6) is 11.5 Å². The standard InChI is InChI=1S/C22H27N3O4S/c1-28-21-13-18-8-11-25(16-19(18)14-22(21)29-2)10-4-3-9-24-30(26,27)20-7-5-6-17(12-20)15-23/h5-7,12-14,24H,3-4,8-11,16H2,1-2H3. The first-order valence-corrected chi connectivity index (χ1v) is 11.4. The van der Waals surface area contributed by atoms with Crippen molar-refractivity contribution in [2.24, 2.45) is 0 Å². The molecule has 0 aliphatic carbocycles. The molecule has 0 amide bonds. The Morgan fingerprint density at radius 1 is 1.10 bits per heavy atom. The topological polar surface area (TPSA) is 91.7 Å². The molecule has 2 aromatic rings. The van der Waals surface area contributed by atoms with E-state index >= 15 is 0 Å². The Morgan fingerprint density at radius 2 is 1.83 bits per heavy atom. The molecule has 1 heterocycles. The number of unbranched alkanes of at least 4 members (excludes halogenated alkanes) is 1. The van der Waals surface area contributed by atoms with E-state index in [1.165, 1.54) is 23.3 Å². The van der Waals surface area contributed by atoms with Crippen LogP contribution < -0.4 is 14.2 Å². The highest BCUT2D eigenvalue weighted by atomic mass is 32.2. The monoisotopic (exact) mass is 429 g/mol. The molecule has 0 fully saturated rings. The smallest absolute Gasteiger partial charge is 0.240 e. The zero-order valence-electron chi connectivity index (χ0n) is 17.3. The molecule has 0 spiro atoms. The fraction of sp³-hybridized carbons (Fsp3) is 0.409. The fourth-order valence-corrected chi connectivity index (χ4v) is 4.74. The maximum atomic E-state index is 12.4. The third-order valence-electron chi connectivity index (χ3n) is 5.26. The van der Waals surface area contributed by atoms with Crippen molar-refractivity contribution < 1.29 is 17.9 Å². The molecule has 0 atom stereocenters. The van der Waals surface area contributed by atoms with Gasteiger partial charge in [0, 0.05) is 19.6 Å². The summed E-state index contributed by atoms with van der Waals surface area (Å²) in [5, 5.41) is 8.93. The van der Waals surface area contributed by atoms with E-state index in [9.17, 15) is 8.42 Å². The summed E-state index contributed by atoms with van der Waals surface area (Å²) in [6.45, 7) is 3.09. The van der Waals surface area contributed by atoms with Crippen LogP contribution in [0.2, 0.25) is 0 Å². The molecule has 1 aliphatic heterocycles. The van der Waals surface area contributed by atoms with E-state index in [2.05, 4.69) is 15.7 Å². The Balaban J connectivity index is 1.47. The summed E-state index contributed by atoms with van der Waals surface area (Å²) in [5.41, 5.74) is 2.87. The zero-order valence-corrected chi connectivity index (χ0v) is 18.2. The number of nitrogens with zero attached hydrogens (tertiary/aromatic N) is 2. The first-order valence-electron chi connectivity index (χ1n) is 9.93. The number of nitriles is 1. The molecule has 0 saturated heterocycles. The van der Waals surface area contributed by atoms with E-state index < -0.39 is 10.0 Å². The first-order chi connectivity index (χ1) is 14.5. The summed E-state index contributed by atoms with van der Waals surface area (Å²) < 4.78 is 38.1. The summed E-state index contributed by atoms with van der Waals surface area (Å²) in [5.74, 6) is 1.50. The van der Waals surface area contributed by atoms with Gasteiger partial charge in [0.05, 0.1) is 30.7 Å². The summed E-state index contributed by atoms with van der Waals surface area (Å²) >= 11 is 0. The van der Waals surface area contributed by atoms with Gasteiger partial charge in [0.1, 0.15) is 0 Å². The molecule has 0 radical (unpaired) electrons. The van der Waals surface area contributed by atoms with Crippen LogP contribution >= 0.6 is 0 Å². The van der Waals surface area contributed by atoms with Crippen molar-refractivity contribution in [2.45, 2.75) is 30.7 Å². The van der Waals surface area contributed by atoms with Crippen molar-refractivity contribution in [3.05, 3.63) is 53.1 Å². The van der Waals surface area contributed by atoms with Crippen molar-refractivity contribution in [2.75, 3.05) is 33.9 Å². The number of hydrogen-bond acceptors (Lipinski definition) is 6. The maximum absolute atomic E-state index is 12.4. The molecular weight excluding hydrogens is 402 g/mol. The van der Waals surface area contributed by atoms with Gasteiger partial charge in [-0.3, -0.25) is 4.90 Å². The predicted molar refractivity (Wildman–Crippen MR) is 114 cm³/mol. The lowest BCUT2D eigenvalue weighted by molar-refractivity contribution is 0.248. The quantitative estimate of drug-likeness (QED) is 0.616. The fourth-order valence-electron chi connectivity index (χ4n) is 3.62. The molecule has 2 aromatic carbocycles. The second-order valence-corrected chi connectivity index (χ2v) is 9.01. The molecule has 8 heteroatoms. The summed E-state index contributed by atoms with van der Waals surface area (Å²) in [4.78, 5) is 2.50. The van der Waals surface area contributed by atoms with E-state index in [0.717, 1.165) is 50.4 Å². The Morgan fingerprint density at radius 3 is 2.53 bits per heavy atom. The van der Waals surface area contributed by atoms with Crippen molar-refractivity contribution in [1.29, 1.82) is 5.26 Å². The second-order valence-electron chi connectivity index (χ2n) is 7.25. The molecule has 7 nitrogen and oxygen atoms in total.